The third kappa shape index (κ3) is 3.17. The van der Waals surface area contributed by atoms with Crippen LogP contribution in [0.2, 0.25) is 0 Å². The van der Waals surface area contributed by atoms with Crippen molar-refractivity contribution in [1.29, 1.82) is 0 Å². The number of nitrogens with zero attached hydrogens (tertiary/aromatic N) is 1. The number of rotatable bonds is 3. The molecule has 1 N–H and O–H groups in total. The summed E-state index contributed by atoms with van der Waals surface area (Å²) in [6, 6.07) is 15.1. The minimum absolute atomic E-state index is 0.221. The van der Waals surface area contributed by atoms with Gasteiger partial charge in [0.15, 0.2) is 5.58 Å². The summed E-state index contributed by atoms with van der Waals surface area (Å²) in [6.45, 7) is 2.00. The van der Waals surface area contributed by atoms with E-state index < -0.39 is 0 Å². The van der Waals surface area contributed by atoms with Crippen molar-refractivity contribution in [1.82, 2.24) is 4.98 Å². The number of benzene rings is 2. The van der Waals surface area contributed by atoms with E-state index in [9.17, 15) is 4.79 Å². The smallest absolute Gasteiger partial charge is 0.248 e. The number of carbonyl (C=O) groups is 1. The quantitative estimate of drug-likeness (QED) is 0.742. The fraction of sp³-hybridized carbons (Fsp3) is 0.0588. The lowest BCUT2D eigenvalue weighted by molar-refractivity contribution is -0.111. The molecule has 0 aliphatic carbocycles. The van der Waals surface area contributed by atoms with E-state index in [0.29, 0.717) is 11.5 Å². The standard InChI is InChI=1S/C17H14N2O2/c1-12-6-8-13(9-7-12)18-16(20)10-11-17-19-14-4-2-3-5-15(14)21-17/h2-11H,1H3,(H,18,20). The highest BCUT2D eigenvalue weighted by atomic mass is 16.3. The van der Waals surface area contributed by atoms with Gasteiger partial charge in [-0.15, -0.1) is 0 Å². The van der Waals surface area contributed by atoms with Gasteiger partial charge in [-0.2, -0.15) is 0 Å². The molecule has 0 fully saturated rings. The van der Waals surface area contributed by atoms with Crippen LogP contribution in [0.3, 0.4) is 0 Å². The van der Waals surface area contributed by atoms with Crippen molar-refractivity contribution in [2.24, 2.45) is 0 Å². The van der Waals surface area contributed by atoms with Gasteiger partial charge < -0.3 is 9.73 Å². The first-order chi connectivity index (χ1) is 10.2. The number of aryl methyl sites for hydroxylation is 1. The Morgan fingerprint density at radius 1 is 1.14 bits per heavy atom. The minimum atomic E-state index is -0.221. The number of nitrogens with one attached hydrogen (secondary N) is 1. The topological polar surface area (TPSA) is 55.1 Å². The van der Waals surface area contributed by atoms with E-state index in [1.807, 2.05) is 55.5 Å². The van der Waals surface area contributed by atoms with Crippen LogP contribution in [0, 0.1) is 6.92 Å². The fourth-order valence-corrected chi connectivity index (χ4v) is 1.93. The second-order valence-corrected chi connectivity index (χ2v) is 4.71. The van der Waals surface area contributed by atoms with E-state index in [-0.39, 0.29) is 5.91 Å². The normalized spacial score (nSPS) is 11.1. The number of anilines is 1. The Morgan fingerprint density at radius 2 is 1.90 bits per heavy atom. The van der Waals surface area contributed by atoms with Gasteiger partial charge in [0.05, 0.1) is 0 Å². The van der Waals surface area contributed by atoms with Crippen molar-refractivity contribution >= 4 is 28.8 Å². The maximum absolute atomic E-state index is 11.8. The van der Waals surface area contributed by atoms with Crippen molar-refractivity contribution in [2.45, 2.75) is 6.92 Å². The molecule has 3 aromatic rings. The molecule has 4 nitrogen and oxygen atoms in total. The number of oxazole rings is 1. The molecule has 21 heavy (non-hydrogen) atoms. The van der Waals surface area contributed by atoms with Crippen LogP contribution in [-0.2, 0) is 4.79 Å². The highest BCUT2D eigenvalue weighted by Crippen LogP contribution is 2.15. The molecular weight excluding hydrogens is 264 g/mol. The summed E-state index contributed by atoms with van der Waals surface area (Å²) in [5, 5.41) is 2.78. The third-order valence-corrected chi connectivity index (χ3v) is 3.01. The van der Waals surface area contributed by atoms with Gasteiger partial charge in [0.2, 0.25) is 11.8 Å². The second-order valence-electron chi connectivity index (χ2n) is 4.71. The zero-order valence-corrected chi connectivity index (χ0v) is 11.5. The molecule has 1 heterocycles. The number of fused-ring (bicyclic) bond motifs is 1. The first-order valence-corrected chi connectivity index (χ1v) is 6.62. The van der Waals surface area contributed by atoms with Crippen LogP contribution in [0.5, 0.6) is 0 Å². The third-order valence-electron chi connectivity index (χ3n) is 3.01. The Hall–Kier alpha value is -2.88. The van der Waals surface area contributed by atoms with Crippen LogP contribution in [0.1, 0.15) is 11.5 Å². The number of hydrogen-bond acceptors (Lipinski definition) is 3. The van der Waals surface area contributed by atoms with Gasteiger partial charge in [0.1, 0.15) is 5.52 Å². The summed E-state index contributed by atoms with van der Waals surface area (Å²) < 4.78 is 5.51. The summed E-state index contributed by atoms with van der Waals surface area (Å²) in [4.78, 5) is 16.1. The lowest BCUT2D eigenvalue weighted by Crippen LogP contribution is -2.07. The summed E-state index contributed by atoms with van der Waals surface area (Å²) in [5.74, 6) is 0.191. The number of hydrogen-bond donors (Lipinski definition) is 1. The number of para-hydroxylation sites is 2. The van der Waals surface area contributed by atoms with Gasteiger partial charge in [-0.25, -0.2) is 4.98 Å². The maximum atomic E-state index is 11.8. The van der Waals surface area contributed by atoms with Crippen LogP contribution >= 0.6 is 0 Å². The fourth-order valence-electron chi connectivity index (χ4n) is 1.93. The lowest BCUT2D eigenvalue weighted by atomic mass is 10.2. The Morgan fingerprint density at radius 3 is 2.67 bits per heavy atom. The SMILES string of the molecule is Cc1ccc(NC(=O)C=Cc2nc3ccccc3o2)cc1. The molecule has 1 amide bonds. The highest BCUT2D eigenvalue weighted by molar-refractivity contribution is 6.01. The van der Waals surface area contributed by atoms with Crippen LogP contribution in [0.15, 0.2) is 59.0 Å². The molecule has 4 heteroatoms. The highest BCUT2D eigenvalue weighted by Gasteiger charge is 2.02. The monoisotopic (exact) mass is 278 g/mol. The summed E-state index contributed by atoms with van der Waals surface area (Å²) in [6.07, 6.45) is 2.97. The molecule has 0 aliphatic rings. The van der Waals surface area contributed by atoms with E-state index in [4.69, 9.17) is 4.42 Å². The van der Waals surface area contributed by atoms with Gasteiger partial charge in [0, 0.05) is 17.8 Å². The molecule has 0 saturated heterocycles. The Labute approximate surface area is 122 Å². The molecule has 3 rings (SSSR count). The van der Waals surface area contributed by atoms with Crippen LogP contribution in [-0.4, -0.2) is 10.9 Å². The predicted molar refractivity (Wildman–Crippen MR) is 82.9 cm³/mol. The average molecular weight is 278 g/mol. The molecule has 0 atom stereocenters. The Kier molecular flexibility index (Phi) is 3.51. The van der Waals surface area contributed by atoms with Crippen LogP contribution in [0.4, 0.5) is 5.69 Å². The molecule has 104 valence electrons. The van der Waals surface area contributed by atoms with Crippen molar-refractivity contribution in [3.8, 4) is 0 Å². The van der Waals surface area contributed by atoms with Gasteiger partial charge in [-0.3, -0.25) is 4.79 Å². The van der Waals surface area contributed by atoms with E-state index in [0.717, 1.165) is 16.8 Å². The average Bonchev–Trinajstić information content (AvgIpc) is 2.90. The number of aromatic nitrogens is 1. The Balaban J connectivity index is 1.70. The summed E-state index contributed by atoms with van der Waals surface area (Å²) in [5.41, 5.74) is 3.38. The van der Waals surface area contributed by atoms with E-state index in [1.165, 1.54) is 6.08 Å². The van der Waals surface area contributed by atoms with Gasteiger partial charge >= 0.3 is 0 Å². The van der Waals surface area contributed by atoms with Gasteiger partial charge in [0.25, 0.3) is 0 Å². The molecule has 2 aromatic carbocycles. The van der Waals surface area contributed by atoms with Crippen LogP contribution in [0.25, 0.3) is 17.2 Å². The molecule has 0 aliphatic heterocycles. The van der Waals surface area contributed by atoms with Crippen molar-refractivity contribution < 1.29 is 9.21 Å². The number of carbonyl (C=O) groups excluding carboxylic acids is 1. The predicted octanol–water partition coefficient (Wildman–Crippen LogP) is 3.79. The van der Waals surface area contributed by atoms with Gasteiger partial charge in [-0.05, 0) is 31.2 Å². The largest absolute Gasteiger partial charge is 0.437 e. The first-order valence-electron chi connectivity index (χ1n) is 6.62. The molecule has 0 unspecified atom stereocenters. The summed E-state index contributed by atoms with van der Waals surface area (Å²) in [7, 11) is 0. The zero-order chi connectivity index (χ0) is 14.7. The van der Waals surface area contributed by atoms with Crippen molar-refractivity contribution in [3.05, 3.63) is 66.1 Å². The maximum Gasteiger partial charge on any atom is 0.248 e. The number of amides is 1. The van der Waals surface area contributed by atoms with E-state index >= 15 is 0 Å². The van der Waals surface area contributed by atoms with Crippen molar-refractivity contribution in [3.63, 3.8) is 0 Å². The Bertz CT molecular complexity index is 768. The molecule has 0 radical (unpaired) electrons. The lowest BCUT2D eigenvalue weighted by Gasteiger charge is -2.01. The molecule has 1 aromatic heterocycles. The second kappa shape index (κ2) is 5.63. The first kappa shape index (κ1) is 13.1. The van der Waals surface area contributed by atoms with E-state index in [1.54, 1.807) is 6.08 Å². The van der Waals surface area contributed by atoms with Crippen LogP contribution < -0.4 is 5.32 Å². The molecule has 0 bridgehead atoms. The minimum Gasteiger partial charge on any atom is -0.437 e. The molecule has 0 spiro atoms. The van der Waals surface area contributed by atoms with Crippen molar-refractivity contribution in [2.75, 3.05) is 5.32 Å². The van der Waals surface area contributed by atoms with Gasteiger partial charge in [-0.1, -0.05) is 29.8 Å². The van der Waals surface area contributed by atoms with E-state index in [2.05, 4.69) is 10.3 Å². The summed E-state index contributed by atoms with van der Waals surface area (Å²) >= 11 is 0. The molecular formula is C17H14N2O2. The molecule has 0 saturated carbocycles. The zero-order valence-electron chi connectivity index (χ0n) is 11.5.